The van der Waals surface area contributed by atoms with Crippen molar-refractivity contribution in [3.05, 3.63) is 10.4 Å². The van der Waals surface area contributed by atoms with Gasteiger partial charge in [-0.1, -0.05) is 5.11 Å². The van der Waals surface area contributed by atoms with Crippen LogP contribution >= 0.6 is 11.8 Å². The maximum Gasteiger partial charge on any atom is 0.114 e. The predicted octanol–water partition coefficient (Wildman–Crippen LogP) is -0.533. The minimum Gasteiger partial charge on any atom is -0.394 e. The smallest absolute Gasteiger partial charge is 0.114 e. The van der Waals surface area contributed by atoms with E-state index in [1.165, 1.54) is 11.8 Å². The molecule has 0 amide bonds. The standard InChI is InChI=1S/C7H13N3O4S/c1-15-7-4(9-10-8)6(13)5(12)3(2-11)14-7/h3-7,11-13H,2H2,1H3/t3-,4-,5-,6-,7-/m1/s1. The van der Waals surface area contributed by atoms with Crippen molar-refractivity contribution in [2.45, 2.75) is 29.8 Å². The van der Waals surface area contributed by atoms with Crippen LogP contribution in [0.1, 0.15) is 0 Å². The van der Waals surface area contributed by atoms with Crippen LogP contribution in [0.4, 0.5) is 0 Å². The summed E-state index contributed by atoms with van der Waals surface area (Å²) in [6.07, 6.45) is -1.58. The highest BCUT2D eigenvalue weighted by molar-refractivity contribution is 7.99. The highest BCUT2D eigenvalue weighted by Crippen LogP contribution is 2.29. The summed E-state index contributed by atoms with van der Waals surface area (Å²) in [6.45, 7) is -0.391. The van der Waals surface area contributed by atoms with E-state index in [9.17, 15) is 10.2 Å². The highest BCUT2D eigenvalue weighted by Gasteiger charge is 2.43. The molecule has 0 unspecified atom stereocenters. The Kier molecular flexibility index (Phi) is 4.65. The lowest BCUT2D eigenvalue weighted by atomic mass is 9.99. The SMILES string of the molecule is CS[C@H]1O[C@H](CO)[C@@H](O)[C@H](O)[C@H]1N=[N+]=[N-]. The van der Waals surface area contributed by atoms with Crippen molar-refractivity contribution in [1.82, 2.24) is 0 Å². The first-order valence-corrected chi connectivity index (χ1v) is 5.64. The zero-order valence-electron chi connectivity index (χ0n) is 8.09. The third-order valence-electron chi connectivity index (χ3n) is 2.27. The first-order chi connectivity index (χ1) is 7.15. The fourth-order valence-electron chi connectivity index (χ4n) is 1.44. The molecule has 1 heterocycles. The van der Waals surface area contributed by atoms with Crippen molar-refractivity contribution in [2.75, 3.05) is 12.9 Å². The second-order valence-electron chi connectivity index (χ2n) is 3.14. The Labute approximate surface area is 90.7 Å². The summed E-state index contributed by atoms with van der Waals surface area (Å²) in [4.78, 5) is 2.59. The van der Waals surface area contributed by atoms with Gasteiger partial charge in [0, 0.05) is 4.91 Å². The zero-order chi connectivity index (χ0) is 11.4. The number of rotatable bonds is 3. The van der Waals surface area contributed by atoms with Crippen molar-refractivity contribution >= 4 is 11.8 Å². The molecule has 1 rings (SSSR count). The van der Waals surface area contributed by atoms with Crippen LogP contribution in [0.25, 0.3) is 10.4 Å². The van der Waals surface area contributed by atoms with Crippen LogP contribution < -0.4 is 0 Å². The molecular formula is C7H13N3O4S. The van der Waals surface area contributed by atoms with Gasteiger partial charge in [0.15, 0.2) is 0 Å². The Morgan fingerprint density at radius 3 is 2.60 bits per heavy atom. The van der Waals surface area contributed by atoms with Gasteiger partial charge in [0.05, 0.1) is 12.7 Å². The minimum atomic E-state index is -1.24. The molecule has 0 radical (unpaired) electrons. The van der Waals surface area contributed by atoms with Crippen LogP contribution in [0.3, 0.4) is 0 Å². The monoisotopic (exact) mass is 235 g/mol. The Morgan fingerprint density at radius 1 is 1.47 bits per heavy atom. The number of azide groups is 1. The first kappa shape index (κ1) is 12.6. The molecule has 1 saturated heterocycles. The third-order valence-corrected chi connectivity index (χ3v) is 3.12. The van der Waals surface area contributed by atoms with Crippen LogP contribution in [-0.2, 0) is 4.74 Å². The fraction of sp³-hybridized carbons (Fsp3) is 1.00. The van der Waals surface area contributed by atoms with E-state index in [1.807, 2.05) is 0 Å². The molecule has 0 spiro atoms. The van der Waals surface area contributed by atoms with Gasteiger partial charge >= 0.3 is 0 Å². The van der Waals surface area contributed by atoms with Crippen molar-refractivity contribution in [3.63, 3.8) is 0 Å². The lowest BCUT2D eigenvalue weighted by Gasteiger charge is -2.39. The van der Waals surface area contributed by atoms with Gasteiger partial charge in [-0.05, 0) is 11.8 Å². The lowest BCUT2D eigenvalue weighted by molar-refractivity contribution is -0.165. The van der Waals surface area contributed by atoms with Crippen LogP contribution in [0.2, 0.25) is 0 Å². The summed E-state index contributed by atoms with van der Waals surface area (Å²) in [5.74, 6) is 0. The van der Waals surface area contributed by atoms with E-state index in [0.717, 1.165) is 0 Å². The summed E-state index contributed by atoms with van der Waals surface area (Å²) in [5.41, 5.74) is 7.75. The Bertz CT molecular complexity index is 259. The molecule has 8 heteroatoms. The number of ether oxygens (including phenoxy) is 1. The third kappa shape index (κ3) is 2.54. The summed E-state index contributed by atoms with van der Waals surface area (Å²) in [6, 6.07) is -0.845. The molecule has 0 bridgehead atoms. The maximum atomic E-state index is 9.65. The van der Waals surface area contributed by atoms with Gasteiger partial charge < -0.3 is 20.1 Å². The quantitative estimate of drug-likeness (QED) is 0.345. The first-order valence-electron chi connectivity index (χ1n) is 4.35. The van der Waals surface area contributed by atoms with E-state index in [-0.39, 0.29) is 0 Å². The minimum absolute atomic E-state index is 0.391. The molecular weight excluding hydrogens is 222 g/mol. The Hall–Kier alpha value is -0.500. The average Bonchev–Trinajstić information content (AvgIpc) is 2.25. The maximum absolute atomic E-state index is 9.65. The van der Waals surface area contributed by atoms with Crippen molar-refractivity contribution in [1.29, 1.82) is 0 Å². The summed E-state index contributed by atoms with van der Waals surface area (Å²) >= 11 is 1.25. The van der Waals surface area contributed by atoms with E-state index in [1.54, 1.807) is 6.26 Å². The van der Waals surface area contributed by atoms with Crippen LogP contribution in [0, 0.1) is 0 Å². The van der Waals surface area contributed by atoms with Crippen molar-refractivity contribution in [2.24, 2.45) is 5.11 Å². The number of nitrogens with zero attached hydrogens (tertiary/aromatic N) is 3. The summed E-state index contributed by atoms with van der Waals surface area (Å²) < 4.78 is 5.27. The molecule has 7 nitrogen and oxygen atoms in total. The molecule has 5 atom stereocenters. The fourth-order valence-corrected chi connectivity index (χ4v) is 2.19. The molecule has 15 heavy (non-hydrogen) atoms. The number of thioether (sulfide) groups is 1. The topological polar surface area (TPSA) is 119 Å². The molecule has 0 aromatic carbocycles. The summed E-state index contributed by atoms with van der Waals surface area (Å²) in [7, 11) is 0. The number of aliphatic hydroxyl groups is 3. The highest BCUT2D eigenvalue weighted by atomic mass is 32.2. The van der Waals surface area contributed by atoms with E-state index >= 15 is 0 Å². The van der Waals surface area contributed by atoms with E-state index in [0.29, 0.717) is 0 Å². The van der Waals surface area contributed by atoms with E-state index in [2.05, 4.69) is 10.0 Å². The number of aliphatic hydroxyl groups excluding tert-OH is 3. The molecule has 0 aromatic heterocycles. The number of hydrogen-bond acceptors (Lipinski definition) is 6. The molecule has 0 aromatic rings. The van der Waals surface area contributed by atoms with Gasteiger partial charge in [-0.3, -0.25) is 0 Å². The second-order valence-corrected chi connectivity index (χ2v) is 4.07. The summed E-state index contributed by atoms with van der Waals surface area (Å²) in [5, 5.41) is 31.5. The lowest BCUT2D eigenvalue weighted by Crippen LogP contribution is -2.56. The molecule has 0 aliphatic carbocycles. The van der Waals surface area contributed by atoms with Gasteiger partial charge in [-0.2, -0.15) is 0 Å². The van der Waals surface area contributed by atoms with Gasteiger partial charge in [-0.15, -0.1) is 11.8 Å². The Balaban J connectivity index is 2.83. The van der Waals surface area contributed by atoms with Crippen LogP contribution in [-0.4, -0.2) is 58.0 Å². The van der Waals surface area contributed by atoms with Crippen LogP contribution in [0.5, 0.6) is 0 Å². The zero-order valence-corrected chi connectivity index (χ0v) is 8.91. The van der Waals surface area contributed by atoms with Gasteiger partial charge in [-0.25, -0.2) is 0 Å². The molecule has 3 N–H and O–H groups in total. The van der Waals surface area contributed by atoms with Gasteiger partial charge in [0.2, 0.25) is 0 Å². The Morgan fingerprint density at radius 2 is 2.13 bits per heavy atom. The largest absolute Gasteiger partial charge is 0.394 e. The number of hydrogen-bond donors (Lipinski definition) is 3. The van der Waals surface area contributed by atoms with Crippen molar-refractivity contribution < 1.29 is 20.1 Å². The second kappa shape index (κ2) is 5.55. The molecule has 1 aliphatic rings. The molecule has 1 aliphatic heterocycles. The molecule has 1 fully saturated rings. The molecule has 0 saturated carbocycles. The van der Waals surface area contributed by atoms with Gasteiger partial charge in [0.25, 0.3) is 0 Å². The van der Waals surface area contributed by atoms with E-state index < -0.39 is 36.4 Å². The molecule has 86 valence electrons. The van der Waals surface area contributed by atoms with E-state index in [4.69, 9.17) is 15.4 Å². The predicted molar refractivity (Wildman–Crippen MR) is 54.2 cm³/mol. The average molecular weight is 235 g/mol. The van der Waals surface area contributed by atoms with Gasteiger partial charge in [0.1, 0.15) is 23.7 Å². The van der Waals surface area contributed by atoms with Crippen molar-refractivity contribution in [3.8, 4) is 0 Å². The normalized spacial score (nSPS) is 40.9. The van der Waals surface area contributed by atoms with Crippen LogP contribution in [0.15, 0.2) is 5.11 Å².